The number of hydrogen-bond donors (Lipinski definition) is 1. The van der Waals surface area contributed by atoms with Crippen molar-refractivity contribution in [2.24, 2.45) is 0 Å². The molecule has 1 unspecified atom stereocenters. The average molecular weight is 281 g/mol. The number of aromatic nitrogens is 2. The first-order chi connectivity index (χ1) is 8.89. The highest BCUT2D eigenvalue weighted by Crippen LogP contribution is 2.26. The number of nitrogens with zero attached hydrogens (tertiary/aromatic N) is 2. The van der Waals surface area contributed by atoms with Crippen LogP contribution < -0.4 is 0 Å². The van der Waals surface area contributed by atoms with Crippen molar-refractivity contribution >= 4 is 12.2 Å². The fourth-order valence-electron chi connectivity index (χ4n) is 2.99. The van der Waals surface area contributed by atoms with E-state index in [0.29, 0.717) is 6.04 Å². The fraction of sp³-hybridized carbons (Fsp3) is 0.800. The monoisotopic (exact) mass is 281 g/mol. The Hall–Kier alpha value is -0.610. The molecular weight excluding hydrogens is 254 g/mol. The van der Waals surface area contributed by atoms with E-state index in [0.717, 1.165) is 11.3 Å². The van der Waals surface area contributed by atoms with Gasteiger partial charge in [0.15, 0.2) is 4.77 Å². The Balaban J connectivity index is 2.16. The molecule has 0 amide bonds. The molecule has 4 heteroatoms. The summed E-state index contributed by atoms with van der Waals surface area (Å²) in [5.41, 5.74) is 1.44. The van der Waals surface area contributed by atoms with E-state index in [-0.39, 0.29) is 5.41 Å². The average Bonchev–Trinajstić information content (AvgIpc) is 2.72. The summed E-state index contributed by atoms with van der Waals surface area (Å²) >= 11 is 5.47. The molecule has 1 N–H and O–H groups in total. The molecule has 1 aromatic rings. The van der Waals surface area contributed by atoms with Crippen LogP contribution in [0.25, 0.3) is 0 Å². The maximum atomic E-state index is 5.47. The van der Waals surface area contributed by atoms with Crippen molar-refractivity contribution in [1.82, 2.24) is 14.5 Å². The van der Waals surface area contributed by atoms with Crippen LogP contribution in [0.4, 0.5) is 0 Å². The van der Waals surface area contributed by atoms with Gasteiger partial charge in [-0.25, -0.2) is 0 Å². The third-order valence-corrected chi connectivity index (χ3v) is 4.31. The molecule has 1 saturated heterocycles. The third kappa shape index (κ3) is 3.48. The van der Waals surface area contributed by atoms with Gasteiger partial charge in [-0.05, 0) is 45.1 Å². The molecule has 2 heterocycles. The summed E-state index contributed by atoms with van der Waals surface area (Å²) in [6.07, 6.45) is 6.16. The quantitative estimate of drug-likeness (QED) is 0.850. The molecule has 1 atom stereocenters. The summed E-state index contributed by atoms with van der Waals surface area (Å²) in [5.74, 6) is 0. The number of aromatic amines is 1. The molecule has 2 rings (SSSR count). The van der Waals surface area contributed by atoms with Crippen molar-refractivity contribution in [2.75, 3.05) is 19.6 Å². The van der Waals surface area contributed by atoms with Gasteiger partial charge in [0.05, 0.1) is 0 Å². The Labute approximate surface area is 122 Å². The predicted molar refractivity (Wildman–Crippen MR) is 83.3 cm³/mol. The van der Waals surface area contributed by atoms with Crippen LogP contribution in [-0.2, 0) is 5.41 Å². The summed E-state index contributed by atoms with van der Waals surface area (Å²) in [6, 6.07) is 0.436. The lowest BCUT2D eigenvalue weighted by Crippen LogP contribution is -2.35. The molecule has 0 aliphatic carbocycles. The minimum atomic E-state index is 0.129. The van der Waals surface area contributed by atoms with Gasteiger partial charge >= 0.3 is 0 Å². The van der Waals surface area contributed by atoms with Crippen LogP contribution >= 0.6 is 12.2 Å². The van der Waals surface area contributed by atoms with Crippen molar-refractivity contribution in [2.45, 2.75) is 58.4 Å². The van der Waals surface area contributed by atoms with Crippen LogP contribution in [-0.4, -0.2) is 34.1 Å². The second-order valence-corrected chi connectivity index (χ2v) is 7.20. The highest BCUT2D eigenvalue weighted by molar-refractivity contribution is 7.71. The standard InChI is InChI=1S/C15H27N3S/c1-12(11-17-8-6-5-7-9-17)18-13(15(2,3)4)10-16-14(18)19/h10,12H,5-9,11H2,1-4H3,(H,16,19). The van der Waals surface area contributed by atoms with Crippen LogP contribution in [0.15, 0.2) is 6.20 Å². The smallest absolute Gasteiger partial charge is 0.177 e. The largest absolute Gasteiger partial charge is 0.337 e. The van der Waals surface area contributed by atoms with Gasteiger partial charge < -0.3 is 14.5 Å². The number of H-pyrrole nitrogens is 1. The number of imidazole rings is 1. The summed E-state index contributed by atoms with van der Waals surface area (Å²) in [7, 11) is 0. The molecule has 1 aliphatic rings. The van der Waals surface area contributed by atoms with Gasteiger partial charge in [-0.1, -0.05) is 27.2 Å². The fourth-order valence-corrected chi connectivity index (χ4v) is 3.33. The van der Waals surface area contributed by atoms with Gasteiger partial charge in [0.2, 0.25) is 0 Å². The Bertz CT molecular complexity index is 460. The molecule has 108 valence electrons. The SMILES string of the molecule is CC(CN1CCCCC1)n1c(C(C)(C)C)c[nH]c1=S. The van der Waals surface area contributed by atoms with Gasteiger partial charge in [0.25, 0.3) is 0 Å². The molecule has 0 aromatic carbocycles. The molecular formula is C15H27N3S. The molecule has 1 aliphatic heterocycles. The Morgan fingerprint density at radius 3 is 2.47 bits per heavy atom. The van der Waals surface area contributed by atoms with Crippen LogP contribution in [0, 0.1) is 4.77 Å². The third-order valence-electron chi connectivity index (χ3n) is 3.99. The van der Waals surface area contributed by atoms with Gasteiger partial charge in [0.1, 0.15) is 0 Å². The van der Waals surface area contributed by atoms with Crippen molar-refractivity contribution < 1.29 is 0 Å². The zero-order valence-corrected chi connectivity index (χ0v) is 13.5. The lowest BCUT2D eigenvalue weighted by atomic mass is 9.92. The maximum absolute atomic E-state index is 5.47. The van der Waals surface area contributed by atoms with Gasteiger partial charge in [0, 0.05) is 29.9 Å². The highest BCUT2D eigenvalue weighted by atomic mass is 32.1. The Morgan fingerprint density at radius 2 is 1.89 bits per heavy atom. The first-order valence-corrected chi connectivity index (χ1v) is 7.83. The summed E-state index contributed by atoms with van der Waals surface area (Å²) < 4.78 is 3.17. The van der Waals surface area contributed by atoms with Gasteiger partial charge in [-0.15, -0.1) is 0 Å². The normalized spacial score (nSPS) is 19.6. The van der Waals surface area contributed by atoms with Crippen molar-refractivity contribution in [3.63, 3.8) is 0 Å². The number of rotatable bonds is 3. The van der Waals surface area contributed by atoms with Crippen molar-refractivity contribution in [1.29, 1.82) is 0 Å². The van der Waals surface area contributed by atoms with Crippen LogP contribution in [0.3, 0.4) is 0 Å². The minimum absolute atomic E-state index is 0.129. The van der Waals surface area contributed by atoms with E-state index in [2.05, 4.69) is 48.3 Å². The molecule has 0 bridgehead atoms. The number of nitrogens with one attached hydrogen (secondary N) is 1. The van der Waals surface area contributed by atoms with E-state index in [1.165, 1.54) is 38.0 Å². The minimum Gasteiger partial charge on any atom is -0.337 e. The molecule has 19 heavy (non-hydrogen) atoms. The molecule has 0 spiro atoms. The summed E-state index contributed by atoms with van der Waals surface area (Å²) in [4.78, 5) is 5.80. The predicted octanol–water partition coefficient (Wildman–Crippen LogP) is 3.89. The van der Waals surface area contributed by atoms with E-state index in [1.807, 2.05) is 0 Å². The molecule has 1 aromatic heterocycles. The second kappa shape index (κ2) is 5.80. The Morgan fingerprint density at radius 1 is 1.26 bits per heavy atom. The Kier molecular flexibility index (Phi) is 4.51. The summed E-state index contributed by atoms with van der Waals surface area (Å²) in [6.45, 7) is 12.6. The first-order valence-electron chi connectivity index (χ1n) is 7.42. The van der Waals surface area contributed by atoms with Crippen LogP contribution in [0.1, 0.15) is 58.7 Å². The number of likely N-dealkylation sites (tertiary alicyclic amines) is 1. The van der Waals surface area contributed by atoms with E-state index < -0.39 is 0 Å². The molecule has 1 fully saturated rings. The van der Waals surface area contributed by atoms with Crippen LogP contribution in [0.5, 0.6) is 0 Å². The zero-order valence-electron chi connectivity index (χ0n) is 12.7. The molecule has 3 nitrogen and oxygen atoms in total. The molecule has 0 radical (unpaired) electrons. The zero-order chi connectivity index (χ0) is 14.0. The topological polar surface area (TPSA) is 24.0 Å². The van der Waals surface area contributed by atoms with E-state index in [4.69, 9.17) is 12.2 Å². The lowest BCUT2D eigenvalue weighted by Gasteiger charge is -2.31. The van der Waals surface area contributed by atoms with E-state index in [9.17, 15) is 0 Å². The first kappa shape index (κ1) is 14.8. The second-order valence-electron chi connectivity index (χ2n) is 6.81. The maximum Gasteiger partial charge on any atom is 0.177 e. The number of hydrogen-bond acceptors (Lipinski definition) is 2. The highest BCUT2D eigenvalue weighted by Gasteiger charge is 2.23. The van der Waals surface area contributed by atoms with Gasteiger partial charge in [-0.2, -0.15) is 0 Å². The van der Waals surface area contributed by atoms with Crippen LogP contribution in [0.2, 0.25) is 0 Å². The van der Waals surface area contributed by atoms with E-state index >= 15 is 0 Å². The number of piperidine rings is 1. The van der Waals surface area contributed by atoms with Gasteiger partial charge in [-0.3, -0.25) is 0 Å². The van der Waals surface area contributed by atoms with Crippen molar-refractivity contribution in [3.8, 4) is 0 Å². The lowest BCUT2D eigenvalue weighted by molar-refractivity contribution is 0.199. The summed E-state index contributed by atoms with van der Waals surface area (Å²) in [5, 5.41) is 0. The molecule has 0 saturated carbocycles. The van der Waals surface area contributed by atoms with Crippen molar-refractivity contribution in [3.05, 3.63) is 16.7 Å². The van der Waals surface area contributed by atoms with E-state index in [1.54, 1.807) is 0 Å².